The van der Waals surface area contributed by atoms with Crippen molar-refractivity contribution in [3.05, 3.63) is 65.4 Å². The highest BCUT2D eigenvalue weighted by Gasteiger charge is 2.16. The van der Waals surface area contributed by atoms with Gasteiger partial charge < -0.3 is 10.1 Å². The molecule has 2 N–H and O–H groups in total. The second-order valence-electron chi connectivity index (χ2n) is 5.72. The molecule has 0 aliphatic carbocycles. The average molecular weight is 337 g/mol. The van der Waals surface area contributed by atoms with Crippen LogP contribution >= 0.6 is 0 Å². The van der Waals surface area contributed by atoms with Gasteiger partial charge in [0.25, 0.3) is 5.91 Å². The highest BCUT2D eigenvalue weighted by atomic mass is 16.5. The van der Waals surface area contributed by atoms with Gasteiger partial charge in [-0.1, -0.05) is 42.5 Å². The van der Waals surface area contributed by atoms with Crippen LogP contribution in [-0.2, 0) is 16.0 Å². The molecule has 128 valence electrons. The zero-order valence-corrected chi connectivity index (χ0v) is 13.9. The lowest BCUT2D eigenvalue weighted by atomic mass is 10.1. The topological polar surface area (TPSA) is 84.1 Å². The number of amides is 1. The van der Waals surface area contributed by atoms with Crippen LogP contribution in [-0.4, -0.2) is 35.2 Å². The fourth-order valence-corrected chi connectivity index (χ4v) is 2.60. The van der Waals surface area contributed by atoms with Gasteiger partial charge in [0, 0.05) is 11.9 Å². The molecule has 1 aromatic heterocycles. The largest absolute Gasteiger partial charge is 0.451 e. The SMILES string of the molecule is Cc1ccccc1CCNC(=O)COC(=O)c1n[nH]c2ccccc12. The molecule has 0 unspecified atom stereocenters. The minimum atomic E-state index is -0.619. The van der Waals surface area contributed by atoms with Crippen LogP contribution < -0.4 is 5.32 Å². The molecule has 0 aliphatic heterocycles. The second kappa shape index (κ2) is 7.61. The number of aromatic nitrogens is 2. The summed E-state index contributed by atoms with van der Waals surface area (Å²) in [6.07, 6.45) is 0.733. The lowest BCUT2D eigenvalue weighted by Crippen LogP contribution is -2.30. The maximum atomic E-state index is 12.1. The van der Waals surface area contributed by atoms with Crippen molar-refractivity contribution in [1.82, 2.24) is 15.5 Å². The van der Waals surface area contributed by atoms with Gasteiger partial charge >= 0.3 is 5.97 Å². The van der Waals surface area contributed by atoms with Gasteiger partial charge in [0.15, 0.2) is 12.3 Å². The zero-order chi connectivity index (χ0) is 17.6. The Hall–Kier alpha value is -3.15. The number of esters is 1. The fraction of sp³-hybridized carbons (Fsp3) is 0.211. The molecule has 3 rings (SSSR count). The van der Waals surface area contributed by atoms with E-state index < -0.39 is 5.97 Å². The van der Waals surface area contributed by atoms with Crippen LogP contribution in [0.15, 0.2) is 48.5 Å². The number of H-pyrrole nitrogens is 1. The van der Waals surface area contributed by atoms with Gasteiger partial charge in [-0.15, -0.1) is 0 Å². The van der Waals surface area contributed by atoms with E-state index in [1.165, 1.54) is 11.1 Å². The summed E-state index contributed by atoms with van der Waals surface area (Å²) in [4.78, 5) is 23.9. The molecule has 1 heterocycles. The van der Waals surface area contributed by atoms with Gasteiger partial charge in [-0.05, 0) is 30.5 Å². The number of ether oxygens (including phenoxy) is 1. The lowest BCUT2D eigenvalue weighted by Gasteiger charge is -2.07. The number of fused-ring (bicyclic) bond motifs is 1. The first-order valence-electron chi connectivity index (χ1n) is 8.06. The minimum absolute atomic E-state index is 0.184. The number of carbonyl (C=O) groups excluding carboxylic acids is 2. The third-order valence-corrected chi connectivity index (χ3v) is 3.98. The maximum Gasteiger partial charge on any atom is 0.359 e. The number of benzene rings is 2. The molecule has 0 radical (unpaired) electrons. The first-order chi connectivity index (χ1) is 12.1. The zero-order valence-electron chi connectivity index (χ0n) is 13.9. The molecule has 0 atom stereocenters. The van der Waals surface area contributed by atoms with E-state index >= 15 is 0 Å². The molecule has 0 bridgehead atoms. The van der Waals surface area contributed by atoms with Gasteiger partial charge in [-0.3, -0.25) is 9.89 Å². The summed E-state index contributed by atoms with van der Waals surface area (Å²) in [5, 5.41) is 10.1. The van der Waals surface area contributed by atoms with Crippen LogP contribution in [0.1, 0.15) is 21.6 Å². The Labute approximate surface area is 145 Å². The van der Waals surface area contributed by atoms with Crippen molar-refractivity contribution >= 4 is 22.8 Å². The summed E-state index contributed by atoms with van der Waals surface area (Å²) in [6, 6.07) is 15.3. The Bertz CT molecular complexity index is 902. The number of hydrogen-bond donors (Lipinski definition) is 2. The molecule has 0 aliphatic rings. The summed E-state index contributed by atoms with van der Waals surface area (Å²) in [5.41, 5.74) is 3.30. The standard InChI is InChI=1S/C19H19N3O3/c1-13-6-2-3-7-14(13)10-11-20-17(23)12-25-19(24)18-15-8-4-5-9-16(15)21-22-18/h2-9H,10-12H2,1H3,(H,20,23)(H,21,22). The van der Waals surface area contributed by atoms with Crippen LogP contribution in [0.5, 0.6) is 0 Å². The van der Waals surface area contributed by atoms with Crippen LogP contribution in [0.2, 0.25) is 0 Å². The molecule has 0 saturated heterocycles. The van der Waals surface area contributed by atoms with Crippen molar-refractivity contribution in [2.45, 2.75) is 13.3 Å². The molecule has 25 heavy (non-hydrogen) atoms. The quantitative estimate of drug-likeness (QED) is 0.677. The van der Waals surface area contributed by atoms with E-state index in [2.05, 4.69) is 15.5 Å². The van der Waals surface area contributed by atoms with E-state index in [0.29, 0.717) is 11.9 Å². The predicted octanol–water partition coefficient (Wildman–Crippen LogP) is 2.39. The monoisotopic (exact) mass is 337 g/mol. The van der Waals surface area contributed by atoms with Gasteiger partial charge in [-0.2, -0.15) is 5.10 Å². The van der Waals surface area contributed by atoms with E-state index in [1.807, 2.05) is 49.4 Å². The Morgan fingerprint density at radius 2 is 1.88 bits per heavy atom. The number of aromatic amines is 1. The Balaban J connectivity index is 1.47. The van der Waals surface area contributed by atoms with Crippen molar-refractivity contribution < 1.29 is 14.3 Å². The molecule has 6 nitrogen and oxygen atoms in total. The van der Waals surface area contributed by atoms with Gasteiger partial charge in [0.1, 0.15) is 0 Å². The fourth-order valence-electron chi connectivity index (χ4n) is 2.60. The summed E-state index contributed by atoms with van der Waals surface area (Å²) in [7, 11) is 0. The van der Waals surface area contributed by atoms with Crippen molar-refractivity contribution in [1.29, 1.82) is 0 Å². The van der Waals surface area contributed by atoms with Gasteiger partial charge in [0.05, 0.1) is 5.52 Å². The normalized spacial score (nSPS) is 10.6. The third-order valence-electron chi connectivity index (χ3n) is 3.98. The Morgan fingerprint density at radius 1 is 1.12 bits per heavy atom. The first kappa shape index (κ1) is 16.7. The van der Waals surface area contributed by atoms with Crippen LogP contribution in [0, 0.1) is 6.92 Å². The summed E-state index contributed by atoms with van der Waals surface area (Å²) in [5.74, 6) is -0.951. The van der Waals surface area contributed by atoms with Gasteiger partial charge in [0.2, 0.25) is 0 Å². The molecular weight excluding hydrogens is 318 g/mol. The van der Waals surface area contributed by atoms with E-state index in [4.69, 9.17) is 4.74 Å². The van der Waals surface area contributed by atoms with Crippen LogP contribution in [0.4, 0.5) is 0 Å². The number of aryl methyl sites for hydroxylation is 1. The summed E-state index contributed by atoms with van der Waals surface area (Å²) >= 11 is 0. The van der Waals surface area contributed by atoms with E-state index in [9.17, 15) is 9.59 Å². The molecule has 0 fully saturated rings. The van der Waals surface area contributed by atoms with E-state index in [1.54, 1.807) is 6.07 Å². The number of rotatable bonds is 6. The molecule has 1 amide bonds. The number of hydrogen-bond acceptors (Lipinski definition) is 4. The van der Waals surface area contributed by atoms with Crippen molar-refractivity contribution in [2.24, 2.45) is 0 Å². The maximum absolute atomic E-state index is 12.1. The summed E-state index contributed by atoms with van der Waals surface area (Å²) < 4.78 is 5.05. The third kappa shape index (κ3) is 4.03. The van der Waals surface area contributed by atoms with Crippen molar-refractivity contribution in [3.63, 3.8) is 0 Å². The molecule has 6 heteroatoms. The van der Waals surface area contributed by atoms with Crippen LogP contribution in [0.3, 0.4) is 0 Å². The highest BCUT2D eigenvalue weighted by Crippen LogP contribution is 2.15. The van der Waals surface area contributed by atoms with E-state index in [-0.39, 0.29) is 18.2 Å². The molecule has 0 spiro atoms. The lowest BCUT2D eigenvalue weighted by molar-refractivity contribution is -0.124. The predicted molar refractivity (Wildman–Crippen MR) is 94.3 cm³/mol. The summed E-state index contributed by atoms with van der Waals surface area (Å²) in [6.45, 7) is 2.20. The number of carbonyl (C=O) groups is 2. The smallest absolute Gasteiger partial charge is 0.359 e. The highest BCUT2D eigenvalue weighted by molar-refractivity contribution is 6.02. The molecule has 3 aromatic rings. The number of nitrogens with one attached hydrogen (secondary N) is 2. The molecule has 0 saturated carbocycles. The second-order valence-corrected chi connectivity index (χ2v) is 5.72. The average Bonchev–Trinajstić information content (AvgIpc) is 3.05. The van der Waals surface area contributed by atoms with Crippen molar-refractivity contribution in [2.75, 3.05) is 13.2 Å². The van der Waals surface area contributed by atoms with Crippen LogP contribution in [0.25, 0.3) is 10.9 Å². The number of nitrogens with zero attached hydrogens (tertiary/aromatic N) is 1. The Kier molecular flexibility index (Phi) is 5.09. The first-order valence-corrected chi connectivity index (χ1v) is 8.06. The minimum Gasteiger partial charge on any atom is -0.451 e. The number of para-hydroxylation sites is 1. The molecule has 2 aromatic carbocycles. The van der Waals surface area contributed by atoms with Crippen molar-refractivity contribution in [3.8, 4) is 0 Å². The molecular formula is C19H19N3O3. The van der Waals surface area contributed by atoms with E-state index in [0.717, 1.165) is 11.9 Å². The Morgan fingerprint density at radius 3 is 2.72 bits per heavy atom. The van der Waals surface area contributed by atoms with Gasteiger partial charge in [-0.25, -0.2) is 4.79 Å².